The molecule has 4 N–H and O–H groups in total. The van der Waals surface area contributed by atoms with Crippen molar-refractivity contribution in [3.05, 3.63) is 23.9 Å². The fourth-order valence-electron chi connectivity index (χ4n) is 2.05. The van der Waals surface area contributed by atoms with E-state index in [9.17, 15) is 5.11 Å². The summed E-state index contributed by atoms with van der Waals surface area (Å²) in [5.41, 5.74) is 6.29. The van der Waals surface area contributed by atoms with E-state index >= 15 is 0 Å². The highest BCUT2D eigenvalue weighted by atomic mass is 32.1. The highest BCUT2D eigenvalue weighted by Crippen LogP contribution is 2.21. The molecule has 5 heteroatoms. The van der Waals surface area contributed by atoms with Crippen molar-refractivity contribution in [2.24, 2.45) is 5.73 Å². The molecule has 1 aromatic rings. The Balaban J connectivity index is 1.92. The number of nitrogens with one attached hydrogen (secondary N) is 1. The van der Waals surface area contributed by atoms with Gasteiger partial charge in [-0.1, -0.05) is 12.2 Å². The van der Waals surface area contributed by atoms with Gasteiger partial charge in [0.15, 0.2) is 0 Å². The first-order valence-corrected chi connectivity index (χ1v) is 6.26. The molecule has 0 saturated heterocycles. The fourth-order valence-corrected chi connectivity index (χ4v) is 2.18. The molecule has 0 aromatic carbocycles. The highest BCUT2D eigenvalue weighted by molar-refractivity contribution is 7.80. The summed E-state index contributed by atoms with van der Waals surface area (Å²) < 4.78 is 0. The first kappa shape index (κ1) is 12.3. The summed E-state index contributed by atoms with van der Waals surface area (Å²) in [6.45, 7) is 0. The van der Waals surface area contributed by atoms with E-state index in [1.807, 2.05) is 12.1 Å². The van der Waals surface area contributed by atoms with Gasteiger partial charge in [0, 0.05) is 17.8 Å². The number of nitrogens with two attached hydrogens (primary N) is 1. The standard InChI is InChI=1S/C12H17N3OS/c13-12(17)8-1-6-11(14-7-8)15-9-2-4-10(16)5-3-9/h1,6-7,9-10,16H,2-5H2,(H2,13,17)(H,14,15). The smallest absolute Gasteiger partial charge is 0.126 e. The number of hydrogen-bond donors (Lipinski definition) is 3. The maximum Gasteiger partial charge on any atom is 0.126 e. The van der Waals surface area contributed by atoms with Gasteiger partial charge in [-0.15, -0.1) is 0 Å². The molecule has 0 spiro atoms. The second-order valence-corrected chi connectivity index (χ2v) is 4.89. The zero-order valence-electron chi connectivity index (χ0n) is 9.60. The molecule has 0 aliphatic heterocycles. The Kier molecular flexibility index (Phi) is 3.91. The van der Waals surface area contributed by atoms with E-state index in [0.717, 1.165) is 37.1 Å². The third-order valence-electron chi connectivity index (χ3n) is 3.10. The number of hydrogen-bond acceptors (Lipinski definition) is 4. The Labute approximate surface area is 106 Å². The van der Waals surface area contributed by atoms with Crippen LogP contribution >= 0.6 is 12.2 Å². The highest BCUT2D eigenvalue weighted by Gasteiger charge is 2.19. The lowest BCUT2D eigenvalue weighted by atomic mass is 9.93. The Hall–Kier alpha value is -1.20. The van der Waals surface area contributed by atoms with Gasteiger partial charge in [0.1, 0.15) is 10.8 Å². The van der Waals surface area contributed by atoms with E-state index in [-0.39, 0.29) is 6.10 Å². The van der Waals surface area contributed by atoms with Crippen LogP contribution in [0.25, 0.3) is 0 Å². The molecule has 1 heterocycles. The van der Waals surface area contributed by atoms with Gasteiger partial charge in [-0.2, -0.15) is 0 Å². The molecule has 0 atom stereocenters. The molecule has 4 nitrogen and oxygen atoms in total. The molecule has 17 heavy (non-hydrogen) atoms. The molecule has 1 fully saturated rings. The molecule has 1 saturated carbocycles. The number of pyridine rings is 1. The number of aromatic nitrogens is 1. The SMILES string of the molecule is NC(=S)c1ccc(NC2CCC(O)CC2)nc1. The van der Waals surface area contributed by atoms with Crippen LogP contribution in [0.4, 0.5) is 5.82 Å². The van der Waals surface area contributed by atoms with Crippen LogP contribution in [0.3, 0.4) is 0 Å². The van der Waals surface area contributed by atoms with Crippen molar-refractivity contribution in [2.45, 2.75) is 37.8 Å². The molecular formula is C12H17N3OS. The number of rotatable bonds is 3. The fraction of sp³-hybridized carbons (Fsp3) is 0.500. The van der Waals surface area contributed by atoms with E-state index in [1.165, 1.54) is 0 Å². The summed E-state index contributed by atoms with van der Waals surface area (Å²) in [5.74, 6) is 0.839. The summed E-state index contributed by atoms with van der Waals surface area (Å²) in [6, 6.07) is 4.16. The first-order chi connectivity index (χ1) is 8.15. The second kappa shape index (κ2) is 5.42. The topological polar surface area (TPSA) is 71.2 Å². The number of aliphatic hydroxyl groups is 1. The van der Waals surface area contributed by atoms with E-state index in [4.69, 9.17) is 18.0 Å². The van der Waals surface area contributed by atoms with Crippen molar-refractivity contribution in [1.29, 1.82) is 0 Å². The number of anilines is 1. The average molecular weight is 251 g/mol. The summed E-state index contributed by atoms with van der Waals surface area (Å²) >= 11 is 4.87. The van der Waals surface area contributed by atoms with Crippen LogP contribution in [0.5, 0.6) is 0 Å². The lowest BCUT2D eigenvalue weighted by molar-refractivity contribution is 0.126. The molecule has 0 amide bonds. The Morgan fingerprint density at radius 3 is 2.59 bits per heavy atom. The van der Waals surface area contributed by atoms with Crippen LogP contribution in [0.15, 0.2) is 18.3 Å². The maximum absolute atomic E-state index is 9.42. The number of thiocarbonyl (C=S) groups is 1. The van der Waals surface area contributed by atoms with E-state index in [2.05, 4.69) is 10.3 Å². The first-order valence-electron chi connectivity index (χ1n) is 5.85. The maximum atomic E-state index is 9.42. The second-order valence-electron chi connectivity index (χ2n) is 4.45. The van der Waals surface area contributed by atoms with Gasteiger partial charge in [0.25, 0.3) is 0 Å². The van der Waals surface area contributed by atoms with Crippen LogP contribution in [-0.4, -0.2) is 27.2 Å². The minimum absolute atomic E-state index is 0.127. The van der Waals surface area contributed by atoms with Crippen molar-refractivity contribution in [3.63, 3.8) is 0 Å². The molecule has 0 radical (unpaired) electrons. The molecule has 92 valence electrons. The van der Waals surface area contributed by atoms with Crippen LogP contribution < -0.4 is 11.1 Å². The van der Waals surface area contributed by atoms with Crippen molar-refractivity contribution in [2.75, 3.05) is 5.32 Å². The average Bonchev–Trinajstić information content (AvgIpc) is 2.33. The third-order valence-corrected chi connectivity index (χ3v) is 3.33. The van der Waals surface area contributed by atoms with Gasteiger partial charge in [-0.05, 0) is 37.8 Å². The van der Waals surface area contributed by atoms with E-state index < -0.39 is 0 Å². The zero-order chi connectivity index (χ0) is 12.3. The lowest BCUT2D eigenvalue weighted by Crippen LogP contribution is -2.28. The van der Waals surface area contributed by atoms with Gasteiger partial charge in [-0.3, -0.25) is 0 Å². The Morgan fingerprint density at radius 2 is 2.06 bits per heavy atom. The van der Waals surface area contributed by atoms with Crippen molar-refractivity contribution in [3.8, 4) is 0 Å². The number of nitrogens with zero attached hydrogens (tertiary/aromatic N) is 1. The van der Waals surface area contributed by atoms with Crippen molar-refractivity contribution >= 4 is 23.0 Å². The predicted octanol–water partition coefficient (Wildman–Crippen LogP) is 1.43. The van der Waals surface area contributed by atoms with Crippen LogP contribution in [0, 0.1) is 0 Å². The predicted molar refractivity (Wildman–Crippen MR) is 72.0 cm³/mol. The largest absolute Gasteiger partial charge is 0.393 e. The third kappa shape index (κ3) is 3.38. The molecule has 1 aromatic heterocycles. The minimum Gasteiger partial charge on any atom is -0.393 e. The van der Waals surface area contributed by atoms with E-state index in [1.54, 1.807) is 6.20 Å². The van der Waals surface area contributed by atoms with Crippen LogP contribution in [0.1, 0.15) is 31.2 Å². The van der Waals surface area contributed by atoms with E-state index in [0.29, 0.717) is 11.0 Å². The summed E-state index contributed by atoms with van der Waals surface area (Å²) in [5, 5.41) is 12.8. The van der Waals surface area contributed by atoms with Gasteiger partial charge in [0.05, 0.1) is 6.10 Å². The van der Waals surface area contributed by atoms with Gasteiger partial charge in [0.2, 0.25) is 0 Å². The van der Waals surface area contributed by atoms with Crippen molar-refractivity contribution < 1.29 is 5.11 Å². The Bertz CT molecular complexity index is 385. The van der Waals surface area contributed by atoms with Crippen LogP contribution in [0.2, 0.25) is 0 Å². The molecule has 1 aliphatic rings. The quantitative estimate of drug-likeness (QED) is 0.709. The normalized spacial score (nSPS) is 24.3. The van der Waals surface area contributed by atoms with Gasteiger partial charge >= 0.3 is 0 Å². The zero-order valence-corrected chi connectivity index (χ0v) is 10.4. The van der Waals surface area contributed by atoms with Crippen LogP contribution in [-0.2, 0) is 0 Å². The summed E-state index contributed by atoms with van der Waals surface area (Å²) in [4.78, 5) is 4.64. The van der Waals surface area contributed by atoms with Gasteiger partial charge < -0.3 is 16.2 Å². The summed E-state index contributed by atoms with van der Waals surface area (Å²) in [6.07, 6.45) is 5.26. The molecule has 0 bridgehead atoms. The number of aliphatic hydroxyl groups excluding tert-OH is 1. The van der Waals surface area contributed by atoms with Crippen molar-refractivity contribution in [1.82, 2.24) is 4.98 Å². The molecule has 0 unspecified atom stereocenters. The molecule has 2 rings (SSSR count). The molecule has 1 aliphatic carbocycles. The monoisotopic (exact) mass is 251 g/mol. The lowest BCUT2D eigenvalue weighted by Gasteiger charge is -2.26. The van der Waals surface area contributed by atoms with Gasteiger partial charge in [-0.25, -0.2) is 4.98 Å². The Morgan fingerprint density at radius 1 is 1.35 bits per heavy atom. The summed E-state index contributed by atoms with van der Waals surface area (Å²) in [7, 11) is 0. The molecular weight excluding hydrogens is 234 g/mol. The minimum atomic E-state index is -0.127.